The highest BCUT2D eigenvalue weighted by atomic mass is 32.2. The molecule has 0 aliphatic carbocycles. The van der Waals surface area contributed by atoms with Crippen LogP contribution in [0.1, 0.15) is 0 Å². The Kier molecular flexibility index (Phi) is 8.98. The van der Waals surface area contributed by atoms with E-state index < -0.39 is 0 Å². The van der Waals surface area contributed by atoms with Crippen molar-refractivity contribution in [2.45, 2.75) is 19.6 Å². The van der Waals surface area contributed by atoms with Crippen LogP contribution in [0.5, 0.6) is 23.0 Å². The lowest BCUT2D eigenvalue weighted by atomic mass is 9.31. The number of para-hydroxylation sites is 4. The molecule has 0 N–H and O–H groups in total. The molecule has 0 atom stereocenters. The van der Waals surface area contributed by atoms with Crippen molar-refractivity contribution in [2.24, 2.45) is 0 Å². The van der Waals surface area contributed by atoms with Crippen molar-refractivity contribution in [3.63, 3.8) is 0 Å². The predicted octanol–water partition coefficient (Wildman–Crippen LogP) is 13.1. The molecule has 0 spiro atoms. The fourth-order valence-corrected chi connectivity index (χ4v) is 14.1. The number of benzene rings is 11. The second kappa shape index (κ2) is 15.8. The zero-order valence-electron chi connectivity index (χ0n) is 37.6. The maximum Gasteiger partial charge on any atom is 0.249 e. The number of fused-ring (bicyclic) bond motifs is 12. The second-order valence-electron chi connectivity index (χ2n) is 18.3. The van der Waals surface area contributed by atoms with Crippen LogP contribution in [0.3, 0.4) is 0 Å². The van der Waals surface area contributed by atoms with Gasteiger partial charge in [0.05, 0.1) is 0 Å². The minimum Gasteiger partial charge on any atom is -0.457 e. The standard InChI is InChI=1S/C62H38B2N2O2S2/c1-5-17-41(18-6-1)65-53-38-54-52(37-51(53)63-49-25-13-15-27-57(49)69-61-47-31-29-45(67-43-21-9-3-10-22-43)33-39(47)35-55(65)59(61)63)64-50-26-14-16-28-58(50)70-62-48-32-30-46(68-44-23-11-4-12-24-44)34-40(48)36-56(60(62)64)66(54)42-19-7-2-8-20-42/h1-38H. The van der Waals surface area contributed by atoms with Crippen LogP contribution in [0.2, 0.25) is 0 Å². The van der Waals surface area contributed by atoms with Gasteiger partial charge in [0.1, 0.15) is 23.0 Å². The summed E-state index contributed by atoms with van der Waals surface area (Å²) in [6.45, 7) is -0.0162. The summed E-state index contributed by atoms with van der Waals surface area (Å²) in [4.78, 5) is 10.2. The largest absolute Gasteiger partial charge is 0.457 e. The molecular weight excluding hydrogens is 890 g/mol. The molecule has 4 heterocycles. The van der Waals surface area contributed by atoms with Gasteiger partial charge >= 0.3 is 0 Å². The molecule has 4 aliphatic rings. The van der Waals surface area contributed by atoms with Crippen molar-refractivity contribution in [2.75, 3.05) is 9.80 Å². The van der Waals surface area contributed by atoms with E-state index in [1.807, 2.05) is 84.2 Å². The lowest BCUT2D eigenvalue weighted by Gasteiger charge is -2.44. The summed E-state index contributed by atoms with van der Waals surface area (Å²) in [6, 6.07) is 83.4. The van der Waals surface area contributed by atoms with Gasteiger partial charge in [-0.3, -0.25) is 0 Å². The molecule has 4 aliphatic heterocycles. The topological polar surface area (TPSA) is 24.9 Å². The number of hydrogen-bond acceptors (Lipinski definition) is 6. The Hall–Kier alpha value is -8.03. The first-order valence-electron chi connectivity index (χ1n) is 23.8. The average molecular weight is 929 g/mol. The summed E-state index contributed by atoms with van der Waals surface area (Å²) in [5, 5.41) is 4.74. The second-order valence-corrected chi connectivity index (χ2v) is 20.4. The highest BCUT2D eigenvalue weighted by Gasteiger charge is 2.46. The van der Waals surface area contributed by atoms with E-state index in [2.05, 4.69) is 180 Å². The summed E-state index contributed by atoms with van der Waals surface area (Å²) in [6.07, 6.45) is 0. The van der Waals surface area contributed by atoms with E-state index in [0.29, 0.717) is 0 Å². The maximum absolute atomic E-state index is 6.49. The van der Waals surface area contributed by atoms with Crippen LogP contribution in [0.15, 0.2) is 250 Å². The van der Waals surface area contributed by atoms with Gasteiger partial charge < -0.3 is 19.3 Å². The molecule has 0 unspecified atom stereocenters. The summed E-state index contributed by atoms with van der Waals surface area (Å²) < 4.78 is 13.0. The molecule has 70 heavy (non-hydrogen) atoms. The number of anilines is 6. The third-order valence-electron chi connectivity index (χ3n) is 14.4. The smallest absolute Gasteiger partial charge is 0.249 e. The highest BCUT2D eigenvalue weighted by Crippen LogP contribution is 2.50. The fraction of sp³-hybridized carbons (Fsp3) is 0. The molecule has 0 amide bonds. The van der Waals surface area contributed by atoms with Crippen LogP contribution in [0.25, 0.3) is 21.5 Å². The number of rotatable bonds is 6. The van der Waals surface area contributed by atoms with Gasteiger partial charge in [0.25, 0.3) is 0 Å². The molecule has 0 saturated heterocycles. The van der Waals surface area contributed by atoms with Gasteiger partial charge in [-0.05, 0) is 159 Å². The van der Waals surface area contributed by atoms with Crippen molar-refractivity contribution in [3.05, 3.63) is 231 Å². The lowest BCUT2D eigenvalue weighted by Crippen LogP contribution is -2.64. The molecule has 0 fully saturated rings. The Morgan fingerprint density at radius 3 is 1.16 bits per heavy atom. The van der Waals surface area contributed by atoms with Crippen LogP contribution in [-0.4, -0.2) is 13.4 Å². The van der Waals surface area contributed by atoms with Crippen molar-refractivity contribution in [1.82, 2.24) is 0 Å². The summed E-state index contributed by atoms with van der Waals surface area (Å²) in [5.74, 6) is 3.26. The highest BCUT2D eigenvalue weighted by molar-refractivity contribution is 8.00. The molecule has 8 heteroatoms. The summed E-state index contributed by atoms with van der Waals surface area (Å²) in [5.41, 5.74) is 15.0. The zero-order valence-corrected chi connectivity index (χ0v) is 39.3. The zero-order chi connectivity index (χ0) is 45.9. The number of nitrogens with zero attached hydrogens (tertiary/aromatic N) is 2. The minimum absolute atomic E-state index is 0.00810. The average Bonchev–Trinajstić information content (AvgIpc) is 3.41. The van der Waals surface area contributed by atoms with Gasteiger partial charge in [-0.1, -0.05) is 150 Å². The lowest BCUT2D eigenvalue weighted by molar-refractivity contribution is 0.483. The van der Waals surface area contributed by atoms with Crippen molar-refractivity contribution in [3.8, 4) is 23.0 Å². The maximum atomic E-state index is 6.49. The molecule has 15 rings (SSSR count). The number of hydrogen-bond donors (Lipinski definition) is 0. The van der Waals surface area contributed by atoms with E-state index in [9.17, 15) is 0 Å². The van der Waals surface area contributed by atoms with E-state index in [0.717, 1.165) is 45.1 Å². The van der Waals surface area contributed by atoms with E-state index in [1.54, 1.807) is 0 Å². The van der Waals surface area contributed by atoms with Gasteiger partial charge in [0, 0.05) is 53.7 Å². The minimum atomic E-state index is -0.00810. The van der Waals surface area contributed by atoms with Crippen LogP contribution in [-0.2, 0) is 0 Å². The van der Waals surface area contributed by atoms with Crippen molar-refractivity contribution < 1.29 is 9.47 Å². The van der Waals surface area contributed by atoms with Gasteiger partial charge in [-0.2, -0.15) is 0 Å². The first-order chi connectivity index (χ1) is 34.7. The predicted molar refractivity (Wildman–Crippen MR) is 294 cm³/mol. The third-order valence-corrected chi connectivity index (χ3v) is 16.8. The van der Waals surface area contributed by atoms with Crippen molar-refractivity contribution in [1.29, 1.82) is 0 Å². The van der Waals surface area contributed by atoms with E-state index in [1.165, 1.54) is 85.9 Å². The first kappa shape index (κ1) is 39.9. The molecule has 0 saturated carbocycles. The van der Waals surface area contributed by atoms with Crippen LogP contribution < -0.4 is 52.1 Å². The van der Waals surface area contributed by atoms with Crippen LogP contribution >= 0.6 is 23.5 Å². The molecule has 4 nitrogen and oxygen atoms in total. The molecule has 0 bridgehead atoms. The molecule has 0 aromatic heterocycles. The molecular formula is C62H38B2N2O2S2. The molecule has 11 aromatic rings. The third kappa shape index (κ3) is 6.16. The van der Waals surface area contributed by atoms with Crippen LogP contribution in [0.4, 0.5) is 34.1 Å². The van der Waals surface area contributed by atoms with Gasteiger partial charge in [0.15, 0.2) is 0 Å². The Balaban J connectivity index is 1.02. The molecule has 326 valence electrons. The van der Waals surface area contributed by atoms with E-state index >= 15 is 0 Å². The Morgan fingerprint density at radius 2 is 0.714 bits per heavy atom. The van der Waals surface area contributed by atoms with Gasteiger partial charge in [0.2, 0.25) is 13.4 Å². The molecule has 0 radical (unpaired) electrons. The summed E-state index contributed by atoms with van der Waals surface area (Å²) in [7, 11) is 0. The normalized spacial score (nSPS) is 13.5. The number of ether oxygens (including phenoxy) is 2. The SMILES string of the molecule is c1ccc(Oc2ccc3c4c5c(cc3c2)N(c2ccccc2)c2cc3c(cc2B5c2ccccc2S4)B2c4ccccc4Sc4c2c(cc2cc(Oc5ccccc5)ccc42)N3c2ccccc2)cc1. The first-order valence-corrected chi connectivity index (χ1v) is 25.4. The van der Waals surface area contributed by atoms with Gasteiger partial charge in [-0.25, -0.2) is 0 Å². The van der Waals surface area contributed by atoms with Crippen LogP contribution in [0, 0.1) is 0 Å². The van der Waals surface area contributed by atoms with E-state index in [-0.39, 0.29) is 13.4 Å². The Morgan fingerprint density at radius 1 is 0.314 bits per heavy atom. The van der Waals surface area contributed by atoms with Gasteiger partial charge in [-0.15, -0.1) is 0 Å². The molecule has 11 aromatic carbocycles. The van der Waals surface area contributed by atoms with E-state index in [4.69, 9.17) is 9.47 Å². The Bertz CT molecular complexity index is 3680. The quantitative estimate of drug-likeness (QED) is 0.154. The van der Waals surface area contributed by atoms with Crippen molar-refractivity contribution >= 4 is 125 Å². The Labute approximate surface area is 415 Å². The fourth-order valence-electron chi connectivity index (χ4n) is 11.5. The summed E-state index contributed by atoms with van der Waals surface area (Å²) >= 11 is 3.80. The monoisotopic (exact) mass is 928 g/mol.